The fourth-order valence-corrected chi connectivity index (χ4v) is 2.91. The van der Waals surface area contributed by atoms with Gasteiger partial charge in [-0.15, -0.1) is 11.3 Å². The summed E-state index contributed by atoms with van der Waals surface area (Å²) in [7, 11) is 0. The van der Waals surface area contributed by atoms with Gasteiger partial charge in [0, 0.05) is 16.4 Å². The summed E-state index contributed by atoms with van der Waals surface area (Å²) >= 11 is 7.54. The highest BCUT2D eigenvalue weighted by atomic mass is 35.5. The number of rotatable bonds is 8. The average molecular weight is 381 g/mol. The van der Waals surface area contributed by atoms with E-state index in [1.807, 2.05) is 31.4 Å². The van der Waals surface area contributed by atoms with E-state index >= 15 is 0 Å². The molecule has 0 unspecified atom stereocenters. The van der Waals surface area contributed by atoms with Gasteiger partial charge in [-0.1, -0.05) is 17.7 Å². The summed E-state index contributed by atoms with van der Waals surface area (Å²) in [4.78, 5) is 26.8. The molecule has 2 rings (SSSR count). The maximum atomic E-state index is 12.3. The van der Waals surface area contributed by atoms with Crippen molar-refractivity contribution in [2.45, 2.75) is 20.4 Å². The number of ether oxygens (including phenoxy) is 1. The predicted octanol–water partition coefficient (Wildman–Crippen LogP) is 3.25. The van der Waals surface area contributed by atoms with Gasteiger partial charge in [0.15, 0.2) is 6.61 Å². The number of hydrogen-bond acceptors (Lipinski definition) is 4. The molecule has 0 fully saturated rings. The van der Waals surface area contributed by atoms with Gasteiger partial charge < -0.3 is 15.0 Å². The monoisotopic (exact) mass is 380 g/mol. The Morgan fingerprint density at radius 3 is 2.76 bits per heavy atom. The number of nitrogens with one attached hydrogen (secondary N) is 1. The first-order chi connectivity index (χ1) is 12.0. The molecule has 0 atom stereocenters. The summed E-state index contributed by atoms with van der Waals surface area (Å²) in [6, 6.07) is 9.11. The first kappa shape index (κ1) is 19.3. The molecule has 0 radical (unpaired) electrons. The van der Waals surface area contributed by atoms with E-state index in [0.29, 0.717) is 23.9 Å². The Kier molecular flexibility index (Phi) is 7.28. The van der Waals surface area contributed by atoms with Crippen LogP contribution in [0.15, 0.2) is 35.7 Å². The zero-order chi connectivity index (χ0) is 18.2. The molecule has 0 aliphatic rings. The van der Waals surface area contributed by atoms with Crippen molar-refractivity contribution in [1.29, 1.82) is 0 Å². The number of carbonyl (C=O) groups excluding carboxylic acids is 2. The maximum absolute atomic E-state index is 12.3. The second kappa shape index (κ2) is 9.44. The van der Waals surface area contributed by atoms with Crippen molar-refractivity contribution in [2.75, 3.05) is 19.7 Å². The molecule has 134 valence electrons. The van der Waals surface area contributed by atoms with Crippen molar-refractivity contribution in [3.8, 4) is 5.75 Å². The largest absolute Gasteiger partial charge is 0.484 e. The molecule has 1 aromatic heterocycles. The van der Waals surface area contributed by atoms with Crippen LogP contribution >= 0.6 is 22.9 Å². The van der Waals surface area contributed by atoms with Crippen LogP contribution in [0.5, 0.6) is 5.75 Å². The lowest BCUT2D eigenvalue weighted by Gasteiger charge is -2.20. The summed E-state index contributed by atoms with van der Waals surface area (Å²) in [6.45, 7) is 4.51. The molecule has 0 aliphatic heterocycles. The summed E-state index contributed by atoms with van der Waals surface area (Å²) in [5, 5.41) is 5.42. The second-order valence-corrected chi connectivity index (χ2v) is 6.90. The highest BCUT2D eigenvalue weighted by Gasteiger charge is 2.16. The first-order valence-electron chi connectivity index (χ1n) is 7.95. The molecule has 1 aromatic carbocycles. The van der Waals surface area contributed by atoms with Gasteiger partial charge in [0.1, 0.15) is 5.75 Å². The Hall–Kier alpha value is -2.05. The van der Waals surface area contributed by atoms with E-state index in [-0.39, 0.29) is 25.0 Å². The van der Waals surface area contributed by atoms with Gasteiger partial charge in [-0.3, -0.25) is 9.59 Å². The van der Waals surface area contributed by atoms with E-state index in [1.165, 1.54) is 4.90 Å². The Balaban J connectivity index is 1.80. The number of halogens is 1. The molecule has 5 nitrogen and oxygen atoms in total. The lowest BCUT2D eigenvalue weighted by Crippen LogP contribution is -2.42. The number of hydrogen-bond donors (Lipinski definition) is 1. The fourth-order valence-electron chi connectivity index (χ4n) is 2.15. The standard InChI is InChI=1S/C18H21ClN2O3S/c1-3-21(11-17(22)20-10-15-5-4-8-25-15)18(23)12-24-14-6-7-16(19)13(2)9-14/h4-9H,3,10-12H2,1-2H3,(H,20,22). The van der Waals surface area contributed by atoms with Gasteiger partial charge in [-0.2, -0.15) is 0 Å². The number of benzene rings is 1. The SMILES string of the molecule is CCN(CC(=O)NCc1cccs1)C(=O)COc1ccc(Cl)c(C)c1. The van der Waals surface area contributed by atoms with Crippen LogP contribution in [0.25, 0.3) is 0 Å². The molecule has 0 bridgehead atoms. The molecule has 0 saturated carbocycles. The van der Waals surface area contributed by atoms with Gasteiger partial charge >= 0.3 is 0 Å². The minimum atomic E-state index is -0.235. The topological polar surface area (TPSA) is 58.6 Å². The van der Waals surface area contributed by atoms with Crippen LogP contribution in [0.3, 0.4) is 0 Å². The lowest BCUT2D eigenvalue weighted by atomic mass is 10.2. The minimum absolute atomic E-state index is 0.0176. The van der Waals surface area contributed by atoms with E-state index in [9.17, 15) is 9.59 Å². The Morgan fingerprint density at radius 2 is 2.12 bits per heavy atom. The maximum Gasteiger partial charge on any atom is 0.260 e. The van der Waals surface area contributed by atoms with Crippen molar-refractivity contribution in [3.05, 3.63) is 51.2 Å². The molecular weight excluding hydrogens is 360 g/mol. The number of thiophene rings is 1. The van der Waals surface area contributed by atoms with Gasteiger partial charge in [0.25, 0.3) is 5.91 Å². The zero-order valence-electron chi connectivity index (χ0n) is 14.3. The van der Waals surface area contributed by atoms with Crippen LogP contribution in [0.2, 0.25) is 5.02 Å². The van der Waals surface area contributed by atoms with Crippen molar-refractivity contribution >= 4 is 34.8 Å². The quantitative estimate of drug-likeness (QED) is 0.764. The van der Waals surface area contributed by atoms with E-state index in [0.717, 1.165) is 10.4 Å². The number of amides is 2. The third-order valence-corrected chi connectivity index (χ3v) is 4.90. The Bertz CT molecular complexity index is 719. The second-order valence-electron chi connectivity index (χ2n) is 5.46. The zero-order valence-corrected chi connectivity index (χ0v) is 15.8. The van der Waals surface area contributed by atoms with Gasteiger partial charge in [0.2, 0.25) is 5.91 Å². The van der Waals surface area contributed by atoms with Crippen molar-refractivity contribution in [3.63, 3.8) is 0 Å². The highest BCUT2D eigenvalue weighted by Crippen LogP contribution is 2.21. The smallest absolute Gasteiger partial charge is 0.260 e. The van der Waals surface area contributed by atoms with E-state index in [2.05, 4.69) is 5.32 Å². The van der Waals surface area contributed by atoms with E-state index < -0.39 is 0 Å². The van der Waals surface area contributed by atoms with E-state index in [1.54, 1.807) is 29.5 Å². The van der Waals surface area contributed by atoms with Crippen molar-refractivity contribution in [2.24, 2.45) is 0 Å². The van der Waals surface area contributed by atoms with Crippen LogP contribution in [-0.2, 0) is 16.1 Å². The first-order valence-corrected chi connectivity index (χ1v) is 9.21. The predicted molar refractivity (Wildman–Crippen MR) is 100 cm³/mol. The molecule has 2 aromatic rings. The summed E-state index contributed by atoms with van der Waals surface area (Å²) < 4.78 is 5.51. The van der Waals surface area contributed by atoms with Crippen LogP contribution in [0, 0.1) is 6.92 Å². The van der Waals surface area contributed by atoms with Gasteiger partial charge in [-0.05, 0) is 49.1 Å². The van der Waals surface area contributed by atoms with E-state index in [4.69, 9.17) is 16.3 Å². The average Bonchev–Trinajstić information content (AvgIpc) is 3.12. The molecule has 25 heavy (non-hydrogen) atoms. The summed E-state index contributed by atoms with van der Waals surface area (Å²) in [6.07, 6.45) is 0. The summed E-state index contributed by atoms with van der Waals surface area (Å²) in [5.74, 6) is 0.153. The molecule has 0 spiro atoms. The van der Waals surface area contributed by atoms with Gasteiger partial charge in [-0.25, -0.2) is 0 Å². The van der Waals surface area contributed by atoms with Crippen LogP contribution in [0.1, 0.15) is 17.4 Å². The normalized spacial score (nSPS) is 10.4. The molecule has 0 saturated heterocycles. The molecular formula is C18H21ClN2O3S. The number of carbonyl (C=O) groups is 2. The van der Waals surface area contributed by atoms with Crippen molar-refractivity contribution in [1.82, 2.24) is 10.2 Å². The number of aryl methyl sites for hydroxylation is 1. The molecule has 2 amide bonds. The molecule has 0 aliphatic carbocycles. The third kappa shape index (κ3) is 6.07. The van der Waals surface area contributed by atoms with Crippen LogP contribution in [-0.4, -0.2) is 36.4 Å². The molecule has 7 heteroatoms. The van der Waals surface area contributed by atoms with Gasteiger partial charge in [0.05, 0.1) is 13.1 Å². The summed E-state index contributed by atoms with van der Waals surface area (Å²) in [5.41, 5.74) is 0.881. The lowest BCUT2D eigenvalue weighted by molar-refractivity contribution is -0.137. The molecule has 1 N–H and O–H groups in total. The third-order valence-electron chi connectivity index (χ3n) is 3.60. The highest BCUT2D eigenvalue weighted by molar-refractivity contribution is 7.09. The minimum Gasteiger partial charge on any atom is -0.484 e. The van der Waals surface area contributed by atoms with Crippen LogP contribution < -0.4 is 10.1 Å². The molecule has 1 heterocycles. The number of likely N-dealkylation sites (N-methyl/N-ethyl adjacent to an activating group) is 1. The number of nitrogens with zero attached hydrogens (tertiary/aromatic N) is 1. The Labute approximate surface area is 156 Å². The Morgan fingerprint density at radius 1 is 1.32 bits per heavy atom. The fraction of sp³-hybridized carbons (Fsp3) is 0.333. The van der Waals surface area contributed by atoms with Crippen LogP contribution in [0.4, 0.5) is 0 Å². The van der Waals surface area contributed by atoms with Crippen molar-refractivity contribution < 1.29 is 14.3 Å².